The van der Waals surface area contributed by atoms with Crippen LogP contribution >= 0.6 is 11.3 Å². The van der Waals surface area contributed by atoms with Crippen molar-refractivity contribution in [2.45, 2.75) is 29.8 Å². The van der Waals surface area contributed by atoms with Crippen molar-refractivity contribution >= 4 is 32.5 Å². The van der Waals surface area contributed by atoms with Crippen molar-refractivity contribution in [1.29, 1.82) is 0 Å². The predicted molar refractivity (Wildman–Crippen MR) is 97.5 cm³/mol. The maximum atomic E-state index is 12.8. The summed E-state index contributed by atoms with van der Waals surface area (Å²) in [6.45, 7) is 0.654. The largest absolute Gasteiger partial charge is 0.434 e. The molecule has 1 aromatic heterocycles. The first-order chi connectivity index (χ1) is 13.0. The maximum Gasteiger partial charge on any atom is 0.434 e. The standard InChI is InChI=1S/C16H16F3N3O4S2/c1-28(25,26)12-6-2-5-11(14(12)22(23)24)21-7-3-4-10(8-21)15-20-13(9-27-15)16(17,18)19/h2,5-6,9-10H,3-4,7-8H2,1H3. The highest BCUT2D eigenvalue weighted by atomic mass is 32.2. The lowest BCUT2D eigenvalue weighted by atomic mass is 9.98. The molecule has 7 nitrogen and oxygen atoms in total. The number of hydrogen-bond donors (Lipinski definition) is 0. The van der Waals surface area contributed by atoms with Crippen molar-refractivity contribution in [1.82, 2.24) is 4.98 Å². The Bertz CT molecular complexity index is 1000. The van der Waals surface area contributed by atoms with E-state index in [4.69, 9.17) is 0 Å². The van der Waals surface area contributed by atoms with E-state index in [0.29, 0.717) is 24.4 Å². The van der Waals surface area contributed by atoms with E-state index in [1.54, 1.807) is 4.90 Å². The number of benzene rings is 1. The van der Waals surface area contributed by atoms with E-state index in [1.807, 2.05) is 0 Å². The predicted octanol–water partition coefficient (Wildman–Crippen LogP) is 3.86. The molecule has 12 heteroatoms. The molecule has 1 unspecified atom stereocenters. The number of piperidine rings is 1. The van der Waals surface area contributed by atoms with Crippen molar-refractivity contribution in [3.63, 3.8) is 0 Å². The molecule has 28 heavy (non-hydrogen) atoms. The summed E-state index contributed by atoms with van der Waals surface area (Å²) in [6.07, 6.45) is -2.44. The molecular weight excluding hydrogens is 419 g/mol. The highest BCUT2D eigenvalue weighted by Crippen LogP contribution is 2.39. The molecule has 1 aromatic carbocycles. The van der Waals surface area contributed by atoms with Crippen LogP contribution in [-0.4, -0.2) is 37.7 Å². The summed E-state index contributed by atoms with van der Waals surface area (Å²) in [5, 5.41) is 12.9. The molecule has 0 saturated carbocycles. The van der Waals surface area contributed by atoms with Crippen LogP contribution in [0.25, 0.3) is 0 Å². The minimum Gasteiger partial charge on any atom is -0.365 e. The van der Waals surface area contributed by atoms with E-state index in [0.717, 1.165) is 23.0 Å². The highest BCUT2D eigenvalue weighted by molar-refractivity contribution is 7.90. The van der Waals surface area contributed by atoms with Gasteiger partial charge in [0.1, 0.15) is 10.6 Å². The highest BCUT2D eigenvalue weighted by Gasteiger charge is 2.36. The van der Waals surface area contributed by atoms with Gasteiger partial charge in [-0.15, -0.1) is 11.3 Å². The maximum absolute atomic E-state index is 12.8. The van der Waals surface area contributed by atoms with Gasteiger partial charge in [0.05, 0.1) is 9.93 Å². The van der Waals surface area contributed by atoms with Crippen LogP contribution in [0.2, 0.25) is 0 Å². The number of hydrogen-bond acceptors (Lipinski definition) is 7. The third kappa shape index (κ3) is 4.12. The van der Waals surface area contributed by atoms with E-state index in [1.165, 1.54) is 18.2 Å². The molecule has 2 aromatic rings. The molecule has 1 atom stereocenters. The number of sulfone groups is 1. The fraction of sp³-hybridized carbons (Fsp3) is 0.438. The summed E-state index contributed by atoms with van der Waals surface area (Å²) in [5.74, 6) is -0.323. The van der Waals surface area contributed by atoms with E-state index in [-0.39, 0.29) is 23.0 Å². The molecule has 0 radical (unpaired) electrons. The number of nitrogens with zero attached hydrogens (tertiary/aromatic N) is 3. The Hall–Kier alpha value is -2.21. The lowest BCUT2D eigenvalue weighted by Crippen LogP contribution is -2.35. The van der Waals surface area contributed by atoms with E-state index < -0.39 is 32.3 Å². The lowest BCUT2D eigenvalue weighted by Gasteiger charge is -2.33. The Morgan fingerprint density at radius 1 is 1.36 bits per heavy atom. The second-order valence-electron chi connectivity index (χ2n) is 6.51. The molecule has 3 rings (SSSR count). The van der Waals surface area contributed by atoms with Gasteiger partial charge in [0.2, 0.25) is 0 Å². The monoisotopic (exact) mass is 435 g/mol. The topological polar surface area (TPSA) is 93.4 Å². The molecule has 1 fully saturated rings. The van der Waals surface area contributed by atoms with Gasteiger partial charge in [0, 0.05) is 30.6 Å². The van der Waals surface area contributed by atoms with Crippen molar-refractivity contribution in [2.75, 3.05) is 24.2 Å². The number of aromatic nitrogens is 1. The summed E-state index contributed by atoms with van der Waals surface area (Å²) >= 11 is 0.911. The smallest absolute Gasteiger partial charge is 0.365 e. The van der Waals surface area contributed by atoms with Gasteiger partial charge in [-0.2, -0.15) is 13.2 Å². The second-order valence-corrected chi connectivity index (χ2v) is 9.38. The Morgan fingerprint density at radius 2 is 2.07 bits per heavy atom. The number of alkyl halides is 3. The molecule has 0 N–H and O–H groups in total. The number of anilines is 1. The quantitative estimate of drug-likeness (QED) is 0.535. The first-order valence-electron chi connectivity index (χ1n) is 8.23. The van der Waals surface area contributed by atoms with Crippen LogP contribution in [0.5, 0.6) is 0 Å². The normalized spacial score (nSPS) is 18.3. The molecule has 0 bridgehead atoms. The molecule has 0 spiro atoms. The van der Waals surface area contributed by atoms with Gasteiger partial charge >= 0.3 is 11.9 Å². The number of halogens is 3. The van der Waals surface area contributed by atoms with Crippen LogP contribution in [0.4, 0.5) is 24.5 Å². The van der Waals surface area contributed by atoms with Gasteiger partial charge in [-0.25, -0.2) is 13.4 Å². The van der Waals surface area contributed by atoms with Crippen molar-refractivity contribution in [2.24, 2.45) is 0 Å². The summed E-state index contributed by atoms with van der Waals surface area (Å²) in [4.78, 5) is 15.8. The van der Waals surface area contributed by atoms with Crippen LogP contribution in [0.15, 0.2) is 28.5 Å². The van der Waals surface area contributed by atoms with E-state index in [2.05, 4.69) is 4.98 Å². The van der Waals surface area contributed by atoms with E-state index in [9.17, 15) is 31.7 Å². The average molecular weight is 435 g/mol. The van der Waals surface area contributed by atoms with Crippen molar-refractivity contribution < 1.29 is 26.5 Å². The molecule has 1 saturated heterocycles. The molecule has 0 aliphatic carbocycles. The summed E-state index contributed by atoms with van der Waals surface area (Å²) in [7, 11) is -3.82. The Labute approximate surface area is 162 Å². The Morgan fingerprint density at radius 3 is 2.64 bits per heavy atom. The average Bonchev–Trinajstić information content (AvgIpc) is 3.11. The summed E-state index contributed by atoms with van der Waals surface area (Å²) < 4.78 is 62.3. The molecule has 2 heterocycles. The third-order valence-corrected chi connectivity index (χ3v) is 6.62. The lowest BCUT2D eigenvalue weighted by molar-refractivity contribution is -0.387. The first-order valence-corrected chi connectivity index (χ1v) is 11.0. The second kappa shape index (κ2) is 7.32. The Balaban J connectivity index is 1.95. The summed E-state index contributed by atoms with van der Waals surface area (Å²) in [5.41, 5.74) is -1.32. The minimum absolute atomic E-state index is 0.144. The van der Waals surface area contributed by atoms with Gasteiger partial charge in [-0.05, 0) is 25.0 Å². The van der Waals surface area contributed by atoms with Crippen molar-refractivity contribution in [3.8, 4) is 0 Å². The number of nitro benzene ring substituents is 1. The zero-order chi connectivity index (χ0) is 20.7. The Kier molecular flexibility index (Phi) is 5.36. The molecule has 152 valence electrons. The van der Waals surface area contributed by atoms with Gasteiger partial charge in [-0.3, -0.25) is 10.1 Å². The zero-order valence-electron chi connectivity index (χ0n) is 14.6. The zero-order valence-corrected chi connectivity index (χ0v) is 16.3. The van der Waals surface area contributed by atoms with Gasteiger partial charge in [0.25, 0.3) is 0 Å². The molecular formula is C16H16F3N3O4S2. The molecule has 0 amide bonds. The number of para-hydroxylation sites is 1. The van der Waals surface area contributed by atoms with Crippen LogP contribution in [0.3, 0.4) is 0 Å². The fourth-order valence-corrected chi connectivity index (χ4v) is 5.06. The molecule has 1 aliphatic rings. The first kappa shape index (κ1) is 20.5. The van der Waals surface area contributed by atoms with Crippen LogP contribution < -0.4 is 4.90 Å². The van der Waals surface area contributed by atoms with Gasteiger partial charge in [0.15, 0.2) is 15.5 Å². The van der Waals surface area contributed by atoms with E-state index >= 15 is 0 Å². The van der Waals surface area contributed by atoms with Crippen LogP contribution in [-0.2, 0) is 16.0 Å². The van der Waals surface area contributed by atoms with Crippen molar-refractivity contribution in [3.05, 3.63) is 44.4 Å². The molecule has 1 aliphatic heterocycles. The number of nitro groups is 1. The minimum atomic E-state index is -4.52. The van der Waals surface area contributed by atoms with Gasteiger partial charge in [-0.1, -0.05) is 6.07 Å². The van der Waals surface area contributed by atoms with Crippen LogP contribution in [0.1, 0.15) is 29.5 Å². The SMILES string of the molecule is CS(=O)(=O)c1cccc(N2CCCC(c3nc(C(F)(F)F)cs3)C2)c1[N+](=O)[O-]. The fourth-order valence-electron chi connectivity index (χ4n) is 3.25. The van der Waals surface area contributed by atoms with Crippen LogP contribution in [0, 0.1) is 10.1 Å². The number of rotatable bonds is 4. The third-order valence-electron chi connectivity index (χ3n) is 4.48. The van der Waals surface area contributed by atoms with Gasteiger partial charge < -0.3 is 4.90 Å². The summed E-state index contributed by atoms with van der Waals surface area (Å²) in [6, 6.07) is 4.06. The number of thiazole rings is 1.